The molecule has 1 aliphatic heterocycles. The number of carbonyl (C=O) groups excluding carboxylic acids is 1. The van der Waals surface area contributed by atoms with Crippen LogP contribution in [0.3, 0.4) is 0 Å². The van der Waals surface area contributed by atoms with Gasteiger partial charge in [-0.15, -0.1) is 0 Å². The van der Waals surface area contributed by atoms with E-state index < -0.39 is 0 Å². The summed E-state index contributed by atoms with van der Waals surface area (Å²) in [6, 6.07) is 0.507. The summed E-state index contributed by atoms with van der Waals surface area (Å²) in [5.41, 5.74) is 2.83. The maximum atomic E-state index is 11.1. The monoisotopic (exact) mass is 239 g/mol. The number of nitrogens with one attached hydrogen (secondary N) is 1. The third-order valence-corrected chi connectivity index (χ3v) is 4.71. The van der Waals surface area contributed by atoms with Gasteiger partial charge in [0.25, 0.3) is 0 Å². The molecule has 1 atom stereocenters. The number of likely N-dealkylation sites (tertiary alicyclic amines) is 1. The molecule has 1 unspecified atom stereocenters. The lowest BCUT2D eigenvalue weighted by atomic mass is 9.85. The van der Waals surface area contributed by atoms with Crippen molar-refractivity contribution in [2.75, 3.05) is 13.1 Å². The van der Waals surface area contributed by atoms with Gasteiger partial charge in [-0.25, -0.2) is 5.84 Å². The molecule has 1 amide bonds. The Morgan fingerprint density at radius 1 is 1.41 bits per heavy atom. The van der Waals surface area contributed by atoms with Crippen LogP contribution in [0, 0.1) is 5.41 Å². The lowest BCUT2D eigenvalue weighted by molar-refractivity contribution is -0.121. The number of rotatable bonds is 4. The quantitative estimate of drug-likeness (QED) is 0.443. The predicted octanol–water partition coefficient (Wildman–Crippen LogP) is 1.41. The Bertz CT molecular complexity index is 274. The molecule has 0 aromatic carbocycles. The average Bonchev–Trinajstić information content (AvgIpc) is 2.97. The van der Waals surface area contributed by atoms with Gasteiger partial charge in [-0.3, -0.25) is 10.2 Å². The Morgan fingerprint density at radius 2 is 2.12 bits per heavy atom. The van der Waals surface area contributed by atoms with Crippen LogP contribution in [0.5, 0.6) is 0 Å². The lowest BCUT2D eigenvalue weighted by Gasteiger charge is -2.27. The Labute approximate surface area is 104 Å². The van der Waals surface area contributed by atoms with E-state index in [1.54, 1.807) is 0 Å². The summed E-state index contributed by atoms with van der Waals surface area (Å²) in [4.78, 5) is 13.7. The summed E-state index contributed by atoms with van der Waals surface area (Å²) in [6.45, 7) is 4.70. The first-order valence-electron chi connectivity index (χ1n) is 6.89. The van der Waals surface area contributed by atoms with Crippen LogP contribution in [0.2, 0.25) is 0 Å². The molecule has 0 aromatic rings. The van der Waals surface area contributed by atoms with Crippen LogP contribution in [0.1, 0.15) is 51.9 Å². The molecule has 0 bridgehead atoms. The molecule has 17 heavy (non-hydrogen) atoms. The number of hydrazine groups is 1. The zero-order valence-electron chi connectivity index (χ0n) is 10.9. The Hall–Kier alpha value is -0.610. The highest BCUT2D eigenvalue weighted by molar-refractivity contribution is 5.75. The fraction of sp³-hybridized carbons (Fsp3) is 0.923. The molecule has 4 nitrogen and oxygen atoms in total. The summed E-state index contributed by atoms with van der Waals surface area (Å²) in [5.74, 6) is 5.04. The van der Waals surface area contributed by atoms with Gasteiger partial charge >= 0.3 is 0 Å². The van der Waals surface area contributed by atoms with Crippen molar-refractivity contribution < 1.29 is 4.79 Å². The number of hydrogen-bond acceptors (Lipinski definition) is 3. The highest BCUT2D eigenvalue weighted by Gasteiger charge is 2.41. The van der Waals surface area contributed by atoms with E-state index in [1.165, 1.54) is 45.2 Å². The van der Waals surface area contributed by atoms with Gasteiger partial charge in [-0.2, -0.15) is 0 Å². The molecule has 0 radical (unpaired) electrons. The normalized spacial score (nSPS) is 25.3. The molecule has 1 aliphatic carbocycles. The minimum atomic E-state index is -0.0494. The van der Waals surface area contributed by atoms with E-state index in [0.717, 1.165) is 6.42 Å². The summed E-state index contributed by atoms with van der Waals surface area (Å²) >= 11 is 0. The molecule has 1 spiro atoms. The minimum Gasteiger partial charge on any atom is -0.300 e. The summed E-state index contributed by atoms with van der Waals surface area (Å²) in [6.07, 6.45) is 8.48. The van der Waals surface area contributed by atoms with Gasteiger partial charge < -0.3 is 4.90 Å². The number of hydrogen-bond donors (Lipinski definition) is 2. The first-order chi connectivity index (χ1) is 8.15. The second-order valence-electron chi connectivity index (χ2n) is 5.88. The zero-order chi connectivity index (χ0) is 12.3. The molecule has 2 aliphatic rings. The molecular weight excluding hydrogens is 214 g/mol. The fourth-order valence-electron chi connectivity index (χ4n) is 3.47. The van der Waals surface area contributed by atoms with E-state index in [9.17, 15) is 4.79 Å². The van der Waals surface area contributed by atoms with Crippen molar-refractivity contribution in [1.82, 2.24) is 10.3 Å². The van der Waals surface area contributed by atoms with Crippen molar-refractivity contribution in [3.8, 4) is 0 Å². The summed E-state index contributed by atoms with van der Waals surface area (Å²) < 4.78 is 0. The second kappa shape index (κ2) is 5.36. The van der Waals surface area contributed by atoms with Crippen LogP contribution >= 0.6 is 0 Å². The molecule has 98 valence electrons. The van der Waals surface area contributed by atoms with Gasteiger partial charge in [-0.1, -0.05) is 12.8 Å². The highest BCUT2D eigenvalue weighted by atomic mass is 16.2. The van der Waals surface area contributed by atoms with Crippen LogP contribution < -0.4 is 11.3 Å². The molecule has 1 saturated carbocycles. The van der Waals surface area contributed by atoms with E-state index in [-0.39, 0.29) is 5.91 Å². The van der Waals surface area contributed by atoms with Gasteiger partial charge in [0.05, 0.1) is 0 Å². The predicted molar refractivity (Wildman–Crippen MR) is 68.1 cm³/mol. The maximum absolute atomic E-state index is 11.1. The Kier molecular flexibility index (Phi) is 4.05. The first-order valence-corrected chi connectivity index (χ1v) is 6.89. The Morgan fingerprint density at radius 3 is 2.76 bits per heavy atom. The molecule has 2 fully saturated rings. The number of nitrogens with zero attached hydrogens (tertiary/aromatic N) is 1. The van der Waals surface area contributed by atoms with Crippen molar-refractivity contribution >= 4 is 5.91 Å². The van der Waals surface area contributed by atoms with Crippen LogP contribution in [0.15, 0.2) is 0 Å². The highest BCUT2D eigenvalue weighted by Crippen LogP contribution is 2.45. The van der Waals surface area contributed by atoms with Crippen molar-refractivity contribution in [3.05, 3.63) is 0 Å². The minimum absolute atomic E-state index is 0.0494. The Balaban J connectivity index is 1.77. The van der Waals surface area contributed by atoms with Gasteiger partial charge in [0, 0.05) is 19.0 Å². The zero-order valence-corrected chi connectivity index (χ0v) is 10.9. The van der Waals surface area contributed by atoms with Crippen LogP contribution in [0.25, 0.3) is 0 Å². The van der Waals surface area contributed by atoms with E-state index in [2.05, 4.69) is 17.2 Å². The van der Waals surface area contributed by atoms with Gasteiger partial charge in [0.1, 0.15) is 0 Å². The number of carbonyl (C=O) groups is 1. The van der Waals surface area contributed by atoms with Crippen molar-refractivity contribution in [3.63, 3.8) is 0 Å². The van der Waals surface area contributed by atoms with Crippen LogP contribution in [-0.4, -0.2) is 29.9 Å². The molecule has 4 heteroatoms. The van der Waals surface area contributed by atoms with E-state index in [0.29, 0.717) is 17.9 Å². The van der Waals surface area contributed by atoms with Crippen molar-refractivity contribution in [2.45, 2.75) is 57.9 Å². The number of nitrogens with two attached hydrogens (primary N) is 1. The average molecular weight is 239 g/mol. The summed E-state index contributed by atoms with van der Waals surface area (Å²) in [5, 5.41) is 0. The van der Waals surface area contributed by atoms with Crippen LogP contribution in [0.4, 0.5) is 0 Å². The smallest absolute Gasteiger partial charge is 0.233 e. The number of amides is 1. The van der Waals surface area contributed by atoms with Gasteiger partial charge in [0.2, 0.25) is 5.91 Å². The molecular formula is C13H25N3O. The van der Waals surface area contributed by atoms with E-state index in [4.69, 9.17) is 5.84 Å². The SMILES string of the molecule is CC(CCC(=O)NN)N1CCC2(CCCC2)C1. The van der Waals surface area contributed by atoms with Crippen LogP contribution in [-0.2, 0) is 4.79 Å². The van der Waals surface area contributed by atoms with Gasteiger partial charge in [-0.05, 0) is 44.6 Å². The van der Waals surface area contributed by atoms with Gasteiger partial charge in [0.15, 0.2) is 0 Å². The second-order valence-corrected chi connectivity index (χ2v) is 5.88. The van der Waals surface area contributed by atoms with Crippen molar-refractivity contribution in [2.24, 2.45) is 11.3 Å². The molecule has 3 N–H and O–H groups in total. The standard InChI is InChI=1S/C13H25N3O/c1-11(4-5-12(17)15-14)16-9-8-13(10-16)6-2-3-7-13/h11H,2-10,14H2,1H3,(H,15,17). The molecule has 1 saturated heterocycles. The molecule has 1 heterocycles. The first kappa shape index (κ1) is 12.8. The van der Waals surface area contributed by atoms with Crippen molar-refractivity contribution in [1.29, 1.82) is 0 Å². The van der Waals surface area contributed by atoms with E-state index in [1.807, 2.05) is 0 Å². The lowest BCUT2D eigenvalue weighted by Crippen LogP contribution is -2.35. The maximum Gasteiger partial charge on any atom is 0.233 e. The summed E-state index contributed by atoms with van der Waals surface area (Å²) in [7, 11) is 0. The topological polar surface area (TPSA) is 58.4 Å². The molecule has 0 aromatic heterocycles. The third-order valence-electron chi connectivity index (χ3n) is 4.71. The largest absolute Gasteiger partial charge is 0.300 e. The third kappa shape index (κ3) is 2.99. The fourth-order valence-corrected chi connectivity index (χ4v) is 3.47. The molecule has 2 rings (SSSR count). The van der Waals surface area contributed by atoms with E-state index >= 15 is 0 Å².